The van der Waals surface area contributed by atoms with Crippen LogP contribution in [-0.4, -0.2) is 6.94 Å². The summed E-state index contributed by atoms with van der Waals surface area (Å²) in [6.07, 6.45) is 10.1. The molecule has 2 aliphatic carbocycles. The molecule has 4 aromatic rings. The van der Waals surface area contributed by atoms with Crippen LogP contribution in [0.4, 0.5) is 0 Å². The topological polar surface area (TPSA) is 0 Å². The van der Waals surface area contributed by atoms with Gasteiger partial charge < -0.3 is 0 Å². The van der Waals surface area contributed by atoms with Crippen molar-refractivity contribution in [2.24, 2.45) is 0 Å². The number of aryl methyl sites for hydroxylation is 4. The molecule has 0 radical (unpaired) electrons. The first-order valence-electron chi connectivity index (χ1n) is 15.4. The molecule has 0 aliphatic heterocycles. The maximum atomic E-state index is 2.78. The molecule has 4 aromatic carbocycles. The van der Waals surface area contributed by atoms with E-state index < -0.39 is 14.2 Å². The van der Waals surface area contributed by atoms with Gasteiger partial charge in [0.1, 0.15) is 0 Å². The van der Waals surface area contributed by atoms with Gasteiger partial charge >= 0.3 is 245 Å². The molecule has 0 saturated heterocycles. The minimum absolute atomic E-state index is 0.425. The molecule has 0 bridgehead atoms. The first-order chi connectivity index (χ1) is 19.1. The molecule has 0 spiro atoms. The first-order valence-corrected chi connectivity index (χ1v) is 41.2. The molecule has 0 amide bonds. The van der Waals surface area contributed by atoms with Gasteiger partial charge in [-0.1, -0.05) is 0 Å². The van der Waals surface area contributed by atoms with Crippen molar-refractivity contribution in [2.75, 3.05) is 0 Å². The SMILES string of the molecule is C[CH2][Hf]([CH3])([CH3])([CH3])(=[SiH2])([CH]1C=Cc2c(-c3cc(C)cc(C)c3)cccc21)[CH]1C=Cc2c(-c3cc(C)cc(C)c3)cccc21. The molecule has 2 aliphatic rings. The predicted molar refractivity (Wildman–Crippen MR) is 183 cm³/mol. The van der Waals surface area contributed by atoms with Crippen molar-refractivity contribution >= 4 is 19.1 Å². The quantitative estimate of drug-likeness (QED) is 0.180. The van der Waals surface area contributed by atoms with Crippen molar-refractivity contribution in [2.45, 2.75) is 60.2 Å². The summed E-state index contributed by atoms with van der Waals surface area (Å²) in [6.45, 7) is 13.8. The molecule has 0 N–H and O–H groups in total. The number of benzene rings is 4. The zero-order valence-electron chi connectivity index (χ0n) is 26.3. The summed E-state index contributed by atoms with van der Waals surface area (Å²) in [5, 5.41) is 0. The fourth-order valence-electron chi connectivity index (χ4n) is 8.58. The molecule has 210 valence electrons. The number of hydrogen-bond donors (Lipinski definition) is 0. The van der Waals surface area contributed by atoms with Crippen molar-refractivity contribution in [1.29, 1.82) is 0 Å². The Morgan fingerprint density at radius 3 is 1.29 bits per heavy atom. The standard InChI is InChI=1S/2C17H15.C2H5.3CH3.Hf.H2Si/c2*1-12-9-13(2)11-15(10-12)17-8-4-6-14-5-3-7-16(14)17;1-2;;;;;/h2*3-11H,1-2H3;1H2,2H3;3*1H3;;1H2. The molecule has 0 fully saturated rings. The Bertz CT molecular complexity index is 1790. The normalized spacial score (nSPS) is 20.1. The van der Waals surface area contributed by atoms with Crippen molar-refractivity contribution in [1.82, 2.24) is 0 Å². The molecule has 41 heavy (non-hydrogen) atoms. The summed E-state index contributed by atoms with van der Waals surface area (Å²) in [5.41, 5.74) is 16.6. The second kappa shape index (κ2) is 8.29. The second-order valence-electron chi connectivity index (χ2n) is 17.0. The zero-order valence-corrected chi connectivity index (χ0v) is 31.3. The Labute approximate surface area is 243 Å². The Morgan fingerprint density at radius 1 is 0.585 bits per heavy atom. The zero-order chi connectivity index (χ0) is 29.5. The van der Waals surface area contributed by atoms with Gasteiger partial charge in [0, 0.05) is 0 Å². The van der Waals surface area contributed by atoms with E-state index in [1.165, 1.54) is 70.9 Å². The third kappa shape index (κ3) is 4.23. The fourth-order valence-corrected chi connectivity index (χ4v) is 39.5. The molecule has 2 atom stereocenters. The molecular formula is C39H46HfSi. The van der Waals surface area contributed by atoms with E-state index in [-0.39, 0.29) is 0 Å². The number of hydrogen-bond acceptors (Lipinski definition) is 0. The van der Waals surface area contributed by atoms with E-state index in [1.807, 2.05) is 0 Å². The van der Waals surface area contributed by atoms with Crippen LogP contribution in [0.2, 0.25) is 18.2 Å². The Balaban J connectivity index is 1.55. The van der Waals surface area contributed by atoms with E-state index in [4.69, 9.17) is 0 Å². The second-order valence-corrected chi connectivity index (χ2v) is 99.5. The van der Waals surface area contributed by atoms with Gasteiger partial charge in [-0.05, 0) is 0 Å². The summed E-state index contributed by atoms with van der Waals surface area (Å²) in [7, 11) is 0. The van der Waals surface area contributed by atoms with Gasteiger partial charge in [0.25, 0.3) is 0 Å². The van der Waals surface area contributed by atoms with Gasteiger partial charge in [0.15, 0.2) is 0 Å². The van der Waals surface area contributed by atoms with E-state index in [0.717, 1.165) is 0 Å². The van der Waals surface area contributed by atoms with Crippen LogP contribution in [-0.2, 0) is 14.2 Å². The summed E-state index contributed by atoms with van der Waals surface area (Å²) in [6, 6.07) is 28.1. The van der Waals surface area contributed by atoms with Gasteiger partial charge in [0.05, 0.1) is 0 Å². The molecule has 0 heterocycles. The van der Waals surface area contributed by atoms with Crippen molar-refractivity contribution < 1.29 is 14.2 Å². The molecule has 2 unspecified atom stereocenters. The van der Waals surface area contributed by atoms with E-state index in [1.54, 1.807) is 0 Å². The van der Waals surface area contributed by atoms with Crippen LogP contribution < -0.4 is 0 Å². The van der Waals surface area contributed by atoms with Gasteiger partial charge in [-0.2, -0.15) is 0 Å². The van der Waals surface area contributed by atoms with Crippen molar-refractivity contribution in [3.05, 3.63) is 129 Å². The van der Waals surface area contributed by atoms with Crippen LogP contribution in [0.15, 0.2) is 84.9 Å². The molecular weight excluding hydrogens is 675 g/mol. The predicted octanol–water partition coefficient (Wildman–Crippen LogP) is 11.0. The average molecular weight is 721 g/mol. The Morgan fingerprint density at radius 2 is 0.951 bits per heavy atom. The average Bonchev–Trinajstić information content (AvgIpc) is 3.54. The monoisotopic (exact) mass is 722 g/mol. The van der Waals surface area contributed by atoms with Crippen molar-refractivity contribution in [3.63, 3.8) is 0 Å². The Kier molecular flexibility index (Phi) is 5.78. The van der Waals surface area contributed by atoms with Gasteiger partial charge in [-0.25, -0.2) is 0 Å². The first kappa shape index (κ1) is 28.6. The van der Waals surface area contributed by atoms with Crippen molar-refractivity contribution in [3.8, 4) is 22.3 Å². The molecule has 0 saturated carbocycles. The van der Waals surface area contributed by atoms with Gasteiger partial charge in [-0.3, -0.25) is 0 Å². The van der Waals surface area contributed by atoms with E-state index in [0.29, 0.717) is 7.35 Å². The van der Waals surface area contributed by atoms with Crippen LogP contribution in [0.3, 0.4) is 0 Å². The van der Waals surface area contributed by atoms with E-state index >= 15 is 0 Å². The van der Waals surface area contributed by atoms with Gasteiger partial charge in [0.2, 0.25) is 0 Å². The number of allylic oxidation sites excluding steroid dienone is 2. The summed E-state index contributed by atoms with van der Waals surface area (Å²) in [4.78, 5) is 0. The van der Waals surface area contributed by atoms with Crippen LogP contribution in [0, 0.1) is 27.7 Å². The van der Waals surface area contributed by atoms with Crippen LogP contribution >= 0.6 is 0 Å². The fraction of sp³-hybridized carbons (Fsp3) is 0.282. The van der Waals surface area contributed by atoms with Crippen LogP contribution in [0.5, 0.6) is 0 Å². The third-order valence-corrected chi connectivity index (χ3v) is 61.3. The number of fused-ring (bicyclic) bond motifs is 2. The summed E-state index contributed by atoms with van der Waals surface area (Å²) in [5.74, 6) is 0. The van der Waals surface area contributed by atoms with E-state index in [9.17, 15) is 0 Å². The molecule has 0 aromatic heterocycles. The third-order valence-electron chi connectivity index (χ3n) is 11.7. The minimum atomic E-state index is -4.81. The van der Waals surface area contributed by atoms with Gasteiger partial charge in [-0.15, -0.1) is 0 Å². The number of rotatable bonds is 5. The van der Waals surface area contributed by atoms with E-state index in [2.05, 4.69) is 153 Å². The van der Waals surface area contributed by atoms with Crippen LogP contribution in [0.25, 0.3) is 34.4 Å². The molecule has 6 rings (SSSR count). The summed E-state index contributed by atoms with van der Waals surface area (Å²) >= 11 is -4.81. The van der Waals surface area contributed by atoms with Crippen LogP contribution in [0.1, 0.15) is 58.8 Å². The molecule has 2 heteroatoms. The Hall–Kier alpha value is -2.55. The maximum absolute atomic E-state index is 4.81. The summed E-state index contributed by atoms with van der Waals surface area (Å²) < 4.78 is 10.4. The molecule has 0 nitrogen and oxygen atoms in total.